The van der Waals surface area contributed by atoms with Crippen molar-refractivity contribution in [3.8, 4) is 0 Å². The summed E-state index contributed by atoms with van der Waals surface area (Å²) in [6.07, 6.45) is 0.847. The number of carbonyl (C=O) groups excluding carboxylic acids is 1. The Morgan fingerprint density at radius 3 is 2.09 bits per heavy atom. The number of benzene rings is 4. The predicted octanol–water partition coefficient (Wildman–Crippen LogP) is 7.35. The van der Waals surface area contributed by atoms with Crippen LogP contribution in [0.25, 0.3) is 10.2 Å². The summed E-state index contributed by atoms with van der Waals surface area (Å²) in [6, 6.07) is 32.7. The van der Waals surface area contributed by atoms with Gasteiger partial charge in [-0.3, -0.25) is 9.69 Å². The van der Waals surface area contributed by atoms with Gasteiger partial charge in [-0.05, 0) is 66.3 Å². The average Bonchev–Trinajstić information content (AvgIpc) is 3.28. The van der Waals surface area contributed by atoms with E-state index in [2.05, 4.69) is 50.2 Å². The van der Waals surface area contributed by atoms with Crippen molar-refractivity contribution >= 4 is 32.6 Å². The van der Waals surface area contributed by atoms with Crippen LogP contribution >= 0.6 is 11.3 Å². The van der Waals surface area contributed by atoms with Crippen LogP contribution in [-0.4, -0.2) is 10.9 Å². The van der Waals surface area contributed by atoms with Crippen molar-refractivity contribution < 1.29 is 4.79 Å². The minimum absolute atomic E-state index is 0.0384. The van der Waals surface area contributed by atoms with Gasteiger partial charge in [0.1, 0.15) is 0 Å². The van der Waals surface area contributed by atoms with Gasteiger partial charge in [-0.2, -0.15) is 0 Å². The van der Waals surface area contributed by atoms with Gasteiger partial charge in [0.15, 0.2) is 5.13 Å². The maximum atomic E-state index is 13.7. The number of aryl methyl sites for hydroxylation is 2. The fourth-order valence-electron chi connectivity index (χ4n) is 4.22. The highest BCUT2D eigenvalue weighted by molar-refractivity contribution is 7.22. The molecule has 0 fully saturated rings. The molecule has 5 aromatic rings. The summed E-state index contributed by atoms with van der Waals surface area (Å²) >= 11 is 1.57. The second-order valence-electron chi connectivity index (χ2n) is 8.66. The van der Waals surface area contributed by atoms with Crippen molar-refractivity contribution in [2.24, 2.45) is 0 Å². The van der Waals surface area contributed by atoms with E-state index in [1.807, 2.05) is 60.7 Å². The molecule has 1 heterocycles. The highest BCUT2D eigenvalue weighted by Gasteiger charge is 2.22. The molecule has 0 radical (unpaired) electrons. The van der Waals surface area contributed by atoms with Crippen molar-refractivity contribution in [1.29, 1.82) is 0 Å². The Balaban J connectivity index is 1.47. The van der Waals surface area contributed by atoms with Gasteiger partial charge in [0.25, 0.3) is 5.91 Å². The third-order valence-corrected chi connectivity index (χ3v) is 6.96. The van der Waals surface area contributed by atoms with Gasteiger partial charge >= 0.3 is 0 Å². The van der Waals surface area contributed by atoms with Crippen molar-refractivity contribution in [3.63, 3.8) is 0 Å². The lowest BCUT2D eigenvalue weighted by atomic mass is 10.0. The first-order chi connectivity index (χ1) is 16.6. The first kappa shape index (κ1) is 22.1. The number of nitrogens with zero attached hydrogens (tertiary/aromatic N) is 2. The van der Waals surface area contributed by atoms with E-state index in [1.165, 1.54) is 16.7 Å². The number of aromatic nitrogens is 1. The third kappa shape index (κ3) is 4.78. The van der Waals surface area contributed by atoms with Gasteiger partial charge in [0.05, 0.1) is 16.8 Å². The number of hydrogen-bond acceptors (Lipinski definition) is 3. The van der Waals surface area contributed by atoms with Crippen molar-refractivity contribution in [1.82, 2.24) is 4.98 Å². The lowest BCUT2D eigenvalue weighted by molar-refractivity contribution is 0.0985. The SMILES string of the molecule is Cc1cc(C)c2nc(N(Cc3ccccc3)C(=O)c3ccc(Cc4ccccc4)cc3)sc2c1. The molecule has 4 aromatic carbocycles. The Hall–Kier alpha value is -3.76. The predicted molar refractivity (Wildman–Crippen MR) is 142 cm³/mol. The Labute approximate surface area is 204 Å². The highest BCUT2D eigenvalue weighted by Crippen LogP contribution is 2.33. The first-order valence-electron chi connectivity index (χ1n) is 11.4. The normalized spacial score (nSPS) is 11.0. The number of amides is 1. The fourth-order valence-corrected chi connectivity index (χ4v) is 5.36. The zero-order valence-electron chi connectivity index (χ0n) is 19.4. The molecule has 3 nitrogen and oxygen atoms in total. The summed E-state index contributed by atoms with van der Waals surface area (Å²) in [5, 5.41) is 0.728. The molecule has 0 atom stereocenters. The van der Waals surface area contributed by atoms with Gasteiger partial charge in [-0.1, -0.05) is 90.2 Å². The minimum Gasteiger partial charge on any atom is -0.279 e. The molecule has 1 aromatic heterocycles. The number of thiazole rings is 1. The van der Waals surface area contributed by atoms with E-state index in [9.17, 15) is 4.79 Å². The average molecular weight is 463 g/mol. The van der Waals surface area contributed by atoms with Crippen molar-refractivity contribution in [2.75, 3.05) is 4.90 Å². The zero-order valence-corrected chi connectivity index (χ0v) is 20.2. The maximum absolute atomic E-state index is 13.7. The van der Waals surface area contributed by atoms with Crippen LogP contribution in [0.5, 0.6) is 0 Å². The summed E-state index contributed by atoms with van der Waals surface area (Å²) in [6.45, 7) is 4.65. The molecule has 0 spiro atoms. The molecule has 34 heavy (non-hydrogen) atoms. The molecule has 4 heteroatoms. The molecule has 1 amide bonds. The van der Waals surface area contributed by atoms with Gasteiger partial charge in [0.2, 0.25) is 0 Å². The molecule has 0 aliphatic rings. The zero-order chi connectivity index (χ0) is 23.5. The Bertz CT molecular complexity index is 1420. The van der Waals surface area contributed by atoms with E-state index in [0.29, 0.717) is 12.1 Å². The molecule has 5 rings (SSSR count). The van der Waals surface area contributed by atoms with Crippen LogP contribution in [0.15, 0.2) is 97.1 Å². The van der Waals surface area contributed by atoms with Gasteiger partial charge in [-0.25, -0.2) is 4.98 Å². The van der Waals surface area contributed by atoms with Crippen molar-refractivity contribution in [2.45, 2.75) is 26.8 Å². The Morgan fingerprint density at radius 2 is 1.41 bits per heavy atom. The monoisotopic (exact) mass is 462 g/mol. The van der Waals surface area contributed by atoms with E-state index >= 15 is 0 Å². The van der Waals surface area contributed by atoms with Crippen LogP contribution in [0.1, 0.15) is 38.2 Å². The second kappa shape index (κ2) is 9.62. The molecule has 168 valence electrons. The molecule has 0 aliphatic carbocycles. The van der Waals surface area contributed by atoms with Crippen LogP contribution in [0, 0.1) is 13.8 Å². The van der Waals surface area contributed by atoms with E-state index in [0.717, 1.165) is 32.9 Å². The van der Waals surface area contributed by atoms with Crippen LogP contribution in [-0.2, 0) is 13.0 Å². The first-order valence-corrected chi connectivity index (χ1v) is 12.2. The lowest BCUT2D eigenvalue weighted by Gasteiger charge is -2.20. The number of hydrogen-bond donors (Lipinski definition) is 0. The topological polar surface area (TPSA) is 33.2 Å². The molecule has 0 saturated heterocycles. The van der Waals surface area contributed by atoms with Gasteiger partial charge < -0.3 is 0 Å². The molecule has 0 saturated carbocycles. The quantitative estimate of drug-likeness (QED) is 0.264. The molecule has 0 N–H and O–H groups in total. The van der Waals surface area contributed by atoms with Crippen molar-refractivity contribution in [3.05, 3.63) is 130 Å². The fraction of sp³-hybridized carbons (Fsp3) is 0.133. The van der Waals surface area contributed by atoms with Crippen LogP contribution < -0.4 is 4.90 Å². The van der Waals surface area contributed by atoms with Crippen LogP contribution in [0.4, 0.5) is 5.13 Å². The summed E-state index contributed by atoms with van der Waals surface area (Å²) in [4.78, 5) is 20.4. The summed E-state index contributed by atoms with van der Waals surface area (Å²) in [5.41, 5.74) is 7.49. The highest BCUT2D eigenvalue weighted by atomic mass is 32.1. The maximum Gasteiger partial charge on any atom is 0.260 e. The second-order valence-corrected chi connectivity index (χ2v) is 9.67. The van der Waals surface area contributed by atoms with E-state index in [4.69, 9.17) is 4.98 Å². The number of rotatable bonds is 6. The van der Waals surface area contributed by atoms with E-state index in [-0.39, 0.29) is 5.91 Å². The Morgan fingerprint density at radius 1 is 0.794 bits per heavy atom. The van der Waals surface area contributed by atoms with Gasteiger partial charge in [-0.15, -0.1) is 0 Å². The third-order valence-electron chi connectivity index (χ3n) is 5.93. The van der Waals surface area contributed by atoms with E-state index < -0.39 is 0 Å². The van der Waals surface area contributed by atoms with E-state index in [1.54, 1.807) is 16.2 Å². The number of carbonyl (C=O) groups is 1. The van der Waals surface area contributed by atoms with Gasteiger partial charge in [0, 0.05) is 5.56 Å². The lowest BCUT2D eigenvalue weighted by Crippen LogP contribution is -2.30. The van der Waals surface area contributed by atoms with Crippen LogP contribution in [0.2, 0.25) is 0 Å². The largest absolute Gasteiger partial charge is 0.279 e. The van der Waals surface area contributed by atoms with Crippen LogP contribution in [0.3, 0.4) is 0 Å². The molecular weight excluding hydrogens is 436 g/mol. The molecular formula is C30H26N2OS. The summed E-state index contributed by atoms with van der Waals surface area (Å²) in [5.74, 6) is -0.0384. The summed E-state index contributed by atoms with van der Waals surface area (Å²) in [7, 11) is 0. The number of anilines is 1. The molecule has 0 aliphatic heterocycles. The standard InChI is InChI=1S/C30H26N2OS/c1-21-17-22(2)28-27(18-21)34-30(31-28)32(20-25-11-7-4-8-12-25)29(33)26-15-13-24(14-16-26)19-23-9-5-3-6-10-23/h3-18H,19-20H2,1-2H3. The minimum atomic E-state index is -0.0384. The number of fused-ring (bicyclic) bond motifs is 1. The molecule has 0 unspecified atom stereocenters. The smallest absolute Gasteiger partial charge is 0.260 e. The summed E-state index contributed by atoms with van der Waals surface area (Å²) < 4.78 is 1.11. The Kier molecular flexibility index (Phi) is 6.24. The molecule has 0 bridgehead atoms.